The van der Waals surface area contributed by atoms with Crippen molar-refractivity contribution in [2.24, 2.45) is 11.7 Å². The monoisotopic (exact) mass is 284 g/mol. The third-order valence-electron chi connectivity index (χ3n) is 3.09. The summed E-state index contributed by atoms with van der Waals surface area (Å²) in [5.74, 6) is -5.96. The number of nitrogens with two attached hydrogens (primary N) is 1. The van der Waals surface area contributed by atoms with E-state index in [0.717, 1.165) is 11.0 Å². The summed E-state index contributed by atoms with van der Waals surface area (Å²) in [6, 6.07) is 1.12. The lowest BCUT2D eigenvalue weighted by Gasteiger charge is -2.17. The van der Waals surface area contributed by atoms with Gasteiger partial charge in [0.1, 0.15) is 11.6 Å². The number of aromatic carboxylic acids is 1. The van der Waals surface area contributed by atoms with Crippen LogP contribution in [0.1, 0.15) is 16.8 Å². The van der Waals surface area contributed by atoms with Crippen molar-refractivity contribution in [2.75, 3.05) is 11.4 Å². The first kappa shape index (κ1) is 13.9. The minimum Gasteiger partial charge on any atom is -0.478 e. The van der Waals surface area contributed by atoms with E-state index in [9.17, 15) is 23.2 Å². The van der Waals surface area contributed by atoms with Crippen LogP contribution in [0.15, 0.2) is 12.1 Å². The number of hydrogen-bond acceptors (Lipinski definition) is 3. The molecule has 1 fully saturated rings. The van der Waals surface area contributed by atoms with Crippen molar-refractivity contribution in [3.05, 3.63) is 29.3 Å². The highest BCUT2D eigenvalue weighted by atomic mass is 19.1. The van der Waals surface area contributed by atoms with Crippen molar-refractivity contribution in [3.8, 4) is 0 Å². The quantitative estimate of drug-likeness (QED) is 0.844. The Kier molecular flexibility index (Phi) is 3.39. The molecule has 20 heavy (non-hydrogen) atoms. The van der Waals surface area contributed by atoms with E-state index >= 15 is 0 Å². The van der Waals surface area contributed by atoms with Crippen LogP contribution >= 0.6 is 0 Å². The molecule has 1 aliphatic heterocycles. The van der Waals surface area contributed by atoms with Crippen LogP contribution in [-0.4, -0.2) is 29.4 Å². The number of primary amides is 1. The summed E-state index contributed by atoms with van der Waals surface area (Å²) in [5, 5.41) is 8.79. The number of halogens is 2. The van der Waals surface area contributed by atoms with E-state index in [1.165, 1.54) is 0 Å². The maximum atomic E-state index is 13.7. The fourth-order valence-corrected chi connectivity index (χ4v) is 2.04. The van der Waals surface area contributed by atoms with Gasteiger partial charge in [0, 0.05) is 19.0 Å². The second-order valence-electron chi connectivity index (χ2n) is 4.40. The number of carbonyl (C=O) groups is 3. The molecule has 2 rings (SSSR count). The zero-order chi connectivity index (χ0) is 15.0. The fourth-order valence-electron chi connectivity index (χ4n) is 2.04. The van der Waals surface area contributed by atoms with Crippen molar-refractivity contribution in [3.63, 3.8) is 0 Å². The van der Waals surface area contributed by atoms with Crippen LogP contribution in [0.3, 0.4) is 0 Å². The molecular formula is C12H10F2N2O4. The van der Waals surface area contributed by atoms with Gasteiger partial charge >= 0.3 is 5.97 Å². The SMILES string of the molecule is NC(=O)C1CC(=O)N(c2cc(C(=O)O)c(F)cc2F)C1. The van der Waals surface area contributed by atoms with Gasteiger partial charge in [-0.1, -0.05) is 0 Å². The second kappa shape index (κ2) is 4.87. The van der Waals surface area contributed by atoms with E-state index in [2.05, 4.69) is 0 Å². The Morgan fingerprint density at radius 2 is 1.95 bits per heavy atom. The molecule has 2 amide bonds. The highest BCUT2D eigenvalue weighted by Crippen LogP contribution is 2.29. The van der Waals surface area contributed by atoms with E-state index in [-0.39, 0.29) is 18.7 Å². The molecule has 0 spiro atoms. The molecule has 3 N–H and O–H groups in total. The lowest BCUT2D eigenvalue weighted by molar-refractivity contribution is -0.123. The van der Waals surface area contributed by atoms with Gasteiger partial charge in [-0.3, -0.25) is 9.59 Å². The minimum atomic E-state index is -1.58. The Morgan fingerprint density at radius 3 is 2.45 bits per heavy atom. The van der Waals surface area contributed by atoms with Crippen molar-refractivity contribution < 1.29 is 28.3 Å². The number of rotatable bonds is 3. The van der Waals surface area contributed by atoms with Gasteiger partial charge in [0.05, 0.1) is 17.2 Å². The third kappa shape index (κ3) is 2.31. The fraction of sp³-hybridized carbons (Fsp3) is 0.250. The van der Waals surface area contributed by atoms with E-state index in [4.69, 9.17) is 10.8 Å². The Bertz CT molecular complexity index is 618. The maximum absolute atomic E-state index is 13.7. The molecule has 1 unspecified atom stereocenters. The summed E-state index contributed by atoms with van der Waals surface area (Å²) < 4.78 is 27.0. The smallest absolute Gasteiger partial charge is 0.338 e. The summed E-state index contributed by atoms with van der Waals surface area (Å²) in [4.78, 5) is 34.5. The lowest BCUT2D eigenvalue weighted by Crippen LogP contribution is -2.29. The van der Waals surface area contributed by atoms with Gasteiger partial charge in [0.2, 0.25) is 11.8 Å². The predicted octanol–water partition coefficient (Wildman–Crippen LogP) is 0.501. The van der Waals surface area contributed by atoms with Gasteiger partial charge in [-0.2, -0.15) is 0 Å². The molecular weight excluding hydrogens is 274 g/mol. The van der Waals surface area contributed by atoms with Gasteiger partial charge in [0.15, 0.2) is 0 Å². The van der Waals surface area contributed by atoms with Crippen molar-refractivity contribution in [1.29, 1.82) is 0 Å². The minimum absolute atomic E-state index is 0.157. The molecule has 1 saturated heterocycles. The van der Waals surface area contributed by atoms with Gasteiger partial charge in [-0.15, -0.1) is 0 Å². The molecule has 1 heterocycles. The van der Waals surface area contributed by atoms with E-state index in [1.54, 1.807) is 0 Å². The number of nitrogens with zero attached hydrogens (tertiary/aromatic N) is 1. The van der Waals surface area contributed by atoms with E-state index < -0.39 is 40.9 Å². The molecule has 1 atom stereocenters. The number of amides is 2. The van der Waals surface area contributed by atoms with Gasteiger partial charge in [0.25, 0.3) is 0 Å². The number of anilines is 1. The molecule has 1 aliphatic rings. The molecule has 0 aliphatic carbocycles. The largest absolute Gasteiger partial charge is 0.478 e. The van der Waals surface area contributed by atoms with Gasteiger partial charge in [-0.05, 0) is 6.07 Å². The molecule has 0 saturated carbocycles. The van der Waals surface area contributed by atoms with Gasteiger partial charge in [-0.25, -0.2) is 13.6 Å². The topological polar surface area (TPSA) is 101 Å². The maximum Gasteiger partial charge on any atom is 0.338 e. The molecule has 0 aromatic heterocycles. The summed E-state index contributed by atoms with van der Waals surface area (Å²) >= 11 is 0. The van der Waals surface area contributed by atoms with Crippen LogP contribution in [0.2, 0.25) is 0 Å². The van der Waals surface area contributed by atoms with E-state index in [1.807, 2.05) is 0 Å². The average Bonchev–Trinajstić information content (AvgIpc) is 2.71. The Morgan fingerprint density at radius 1 is 1.30 bits per heavy atom. The molecule has 0 bridgehead atoms. The van der Waals surface area contributed by atoms with Crippen LogP contribution in [-0.2, 0) is 9.59 Å². The number of carboxylic acids is 1. The third-order valence-corrected chi connectivity index (χ3v) is 3.09. The van der Waals surface area contributed by atoms with Gasteiger partial charge < -0.3 is 15.7 Å². The Hall–Kier alpha value is -2.51. The average molecular weight is 284 g/mol. The van der Waals surface area contributed by atoms with Crippen molar-refractivity contribution in [2.45, 2.75) is 6.42 Å². The summed E-state index contributed by atoms with van der Waals surface area (Å²) in [5.41, 5.74) is 3.94. The molecule has 8 heteroatoms. The number of benzene rings is 1. The lowest BCUT2D eigenvalue weighted by atomic mass is 10.1. The molecule has 0 radical (unpaired) electrons. The standard InChI is InChI=1S/C12H10F2N2O4/c13-7-3-8(14)9(2-6(7)12(19)20)16-4-5(11(15)18)1-10(16)17/h2-3,5H,1,4H2,(H2,15,18)(H,19,20). The van der Waals surface area contributed by atoms with Crippen LogP contribution < -0.4 is 10.6 Å². The van der Waals surface area contributed by atoms with Crippen LogP contribution in [0.5, 0.6) is 0 Å². The van der Waals surface area contributed by atoms with Crippen LogP contribution in [0, 0.1) is 17.6 Å². The van der Waals surface area contributed by atoms with Crippen molar-refractivity contribution in [1.82, 2.24) is 0 Å². The first-order valence-electron chi connectivity index (χ1n) is 5.63. The first-order chi connectivity index (χ1) is 9.31. The zero-order valence-corrected chi connectivity index (χ0v) is 10.1. The van der Waals surface area contributed by atoms with Crippen molar-refractivity contribution >= 4 is 23.5 Å². The normalized spacial score (nSPS) is 18.4. The Labute approximate surface area is 111 Å². The predicted molar refractivity (Wildman–Crippen MR) is 63.0 cm³/mol. The molecule has 1 aromatic carbocycles. The molecule has 1 aromatic rings. The number of carboxylic acid groups (broad SMARTS) is 1. The molecule has 106 valence electrons. The second-order valence-corrected chi connectivity index (χ2v) is 4.40. The zero-order valence-electron chi connectivity index (χ0n) is 10.1. The van der Waals surface area contributed by atoms with Crippen LogP contribution in [0.25, 0.3) is 0 Å². The highest BCUT2D eigenvalue weighted by molar-refractivity contribution is 6.01. The van der Waals surface area contributed by atoms with E-state index in [0.29, 0.717) is 6.07 Å². The number of hydrogen-bond donors (Lipinski definition) is 2. The summed E-state index contributed by atoms with van der Waals surface area (Å²) in [6.45, 7) is -0.157. The number of carbonyl (C=O) groups excluding carboxylic acids is 2. The molecule has 6 nitrogen and oxygen atoms in total. The highest BCUT2D eigenvalue weighted by Gasteiger charge is 2.35. The summed E-state index contributed by atoms with van der Waals surface area (Å²) in [7, 11) is 0. The Balaban J connectivity index is 2.43. The first-order valence-corrected chi connectivity index (χ1v) is 5.63. The van der Waals surface area contributed by atoms with Crippen LogP contribution in [0.4, 0.5) is 14.5 Å². The summed E-state index contributed by atoms with van der Waals surface area (Å²) in [6.07, 6.45) is -0.186.